The van der Waals surface area contributed by atoms with Crippen LogP contribution in [0.3, 0.4) is 0 Å². The highest BCUT2D eigenvalue weighted by Gasteiger charge is 2.44. The van der Waals surface area contributed by atoms with E-state index in [1.54, 1.807) is 17.6 Å². The van der Waals surface area contributed by atoms with Crippen molar-refractivity contribution in [3.63, 3.8) is 0 Å². The minimum Gasteiger partial charge on any atom is -0.462 e. The van der Waals surface area contributed by atoms with E-state index < -0.39 is 5.41 Å². The first-order valence-electron chi connectivity index (χ1n) is 8.24. The zero-order valence-electron chi connectivity index (χ0n) is 13.7. The van der Waals surface area contributed by atoms with Gasteiger partial charge < -0.3 is 10.2 Å². The Labute approximate surface area is 150 Å². The number of aromatic nitrogens is 1. The van der Waals surface area contributed by atoms with Crippen LogP contribution in [0, 0.1) is 0 Å². The van der Waals surface area contributed by atoms with Crippen molar-refractivity contribution in [2.75, 3.05) is 13.1 Å². The highest BCUT2D eigenvalue weighted by molar-refractivity contribution is 7.14. The number of benzene rings is 1. The van der Waals surface area contributed by atoms with Crippen LogP contribution in [0.1, 0.15) is 16.9 Å². The molecule has 25 heavy (non-hydrogen) atoms. The van der Waals surface area contributed by atoms with Crippen LogP contribution in [-0.4, -0.2) is 28.9 Å². The summed E-state index contributed by atoms with van der Waals surface area (Å²) in [6, 6.07) is 13.6. The largest absolute Gasteiger partial charge is 0.462 e. The van der Waals surface area contributed by atoms with Crippen molar-refractivity contribution in [2.45, 2.75) is 18.4 Å². The SMILES string of the molecule is NC(=O)C1(c2ccccc2)CCN(Cc2cnc(-c3ccco3)s2)C1. The van der Waals surface area contributed by atoms with Gasteiger partial charge >= 0.3 is 0 Å². The number of primary amides is 1. The van der Waals surface area contributed by atoms with Crippen LogP contribution in [-0.2, 0) is 16.8 Å². The van der Waals surface area contributed by atoms with E-state index in [0.29, 0.717) is 6.54 Å². The lowest BCUT2D eigenvalue weighted by molar-refractivity contribution is -0.123. The molecule has 1 atom stereocenters. The van der Waals surface area contributed by atoms with E-state index in [-0.39, 0.29) is 5.91 Å². The fourth-order valence-corrected chi connectivity index (χ4v) is 4.40. The van der Waals surface area contributed by atoms with Crippen LogP contribution >= 0.6 is 11.3 Å². The van der Waals surface area contributed by atoms with Crippen molar-refractivity contribution in [2.24, 2.45) is 5.73 Å². The molecule has 0 aliphatic carbocycles. The van der Waals surface area contributed by atoms with Crippen LogP contribution in [0.25, 0.3) is 10.8 Å². The molecule has 0 spiro atoms. The number of thiazole rings is 1. The summed E-state index contributed by atoms with van der Waals surface area (Å²) in [5.74, 6) is 0.537. The Hall–Kier alpha value is -2.44. The van der Waals surface area contributed by atoms with Gasteiger partial charge in [0.05, 0.1) is 11.7 Å². The summed E-state index contributed by atoms with van der Waals surface area (Å²) < 4.78 is 5.40. The maximum atomic E-state index is 12.3. The highest BCUT2D eigenvalue weighted by atomic mass is 32.1. The monoisotopic (exact) mass is 353 g/mol. The molecule has 2 N–H and O–H groups in total. The van der Waals surface area contributed by atoms with Gasteiger partial charge in [0.1, 0.15) is 0 Å². The van der Waals surface area contributed by atoms with Gasteiger partial charge in [0, 0.05) is 24.2 Å². The Morgan fingerprint density at radius 3 is 2.84 bits per heavy atom. The van der Waals surface area contributed by atoms with Gasteiger partial charge in [-0.25, -0.2) is 4.98 Å². The molecular formula is C19H19N3O2S. The van der Waals surface area contributed by atoms with Crippen molar-refractivity contribution in [1.29, 1.82) is 0 Å². The van der Waals surface area contributed by atoms with Crippen molar-refractivity contribution in [3.8, 4) is 10.8 Å². The number of hydrogen-bond donors (Lipinski definition) is 1. The number of nitrogens with two attached hydrogens (primary N) is 1. The molecule has 2 aromatic heterocycles. The lowest BCUT2D eigenvalue weighted by Crippen LogP contribution is -2.43. The summed E-state index contributed by atoms with van der Waals surface area (Å²) in [6.45, 7) is 2.24. The third-order valence-electron chi connectivity index (χ3n) is 4.81. The number of carbonyl (C=O) groups excluding carboxylic acids is 1. The number of carbonyl (C=O) groups is 1. The number of amides is 1. The number of likely N-dealkylation sites (tertiary alicyclic amines) is 1. The summed E-state index contributed by atoms with van der Waals surface area (Å²) in [5, 5.41) is 0.878. The Kier molecular flexibility index (Phi) is 4.15. The van der Waals surface area contributed by atoms with Gasteiger partial charge in [0.15, 0.2) is 10.8 Å². The van der Waals surface area contributed by atoms with Gasteiger partial charge in [-0.1, -0.05) is 30.3 Å². The van der Waals surface area contributed by atoms with E-state index in [2.05, 4.69) is 9.88 Å². The van der Waals surface area contributed by atoms with Gasteiger partial charge in [0.2, 0.25) is 5.91 Å². The Morgan fingerprint density at radius 2 is 2.12 bits per heavy atom. The predicted octanol–water partition coefficient (Wildman–Crippen LogP) is 3.03. The van der Waals surface area contributed by atoms with Crippen molar-refractivity contribution in [3.05, 3.63) is 65.4 Å². The summed E-state index contributed by atoms with van der Waals surface area (Å²) in [5.41, 5.74) is 6.20. The molecule has 0 radical (unpaired) electrons. The molecule has 3 heterocycles. The molecule has 1 aliphatic heterocycles. The molecule has 1 aliphatic rings. The molecule has 1 saturated heterocycles. The topological polar surface area (TPSA) is 72.4 Å². The molecule has 1 unspecified atom stereocenters. The Balaban J connectivity index is 1.51. The zero-order chi connectivity index (χ0) is 17.3. The predicted molar refractivity (Wildman–Crippen MR) is 97.0 cm³/mol. The molecule has 0 saturated carbocycles. The maximum absolute atomic E-state index is 12.3. The van der Waals surface area contributed by atoms with Gasteiger partial charge in [-0.15, -0.1) is 11.3 Å². The molecule has 6 heteroatoms. The molecule has 1 aromatic carbocycles. The molecule has 5 nitrogen and oxygen atoms in total. The summed E-state index contributed by atoms with van der Waals surface area (Å²) in [6.07, 6.45) is 4.28. The average Bonchev–Trinajstić information content (AvgIpc) is 3.37. The minimum atomic E-state index is -0.601. The fraction of sp³-hybridized carbons (Fsp3) is 0.263. The van der Waals surface area contributed by atoms with Crippen LogP contribution in [0.2, 0.25) is 0 Å². The second-order valence-corrected chi connectivity index (χ2v) is 7.50. The molecule has 1 fully saturated rings. The molecule has 0 bridgehead atoms. The van der Waals surface area contributed by atoms with Gasteiger partial charge in [-0.3, -0.25) is 9.69 Å². The van der Waals surface area contributed by atoms with E-state index in [4.69, 9.17) is 10.2 Å². The first-order valence-corrected chi connectivity index (χ1v) is 9.05. The van der Waals surface area contributed by atoms with E-state index in [0.717, 1.165) is 40.7 Å². The van der Waals surface area contributed by atoms with E-state index in [9.17, 15) is 4.79 Å². The van der Waals surface area contributed by atoms with E-state index in [1.165, 1.54) is 0 Å². The van der Waals surface area contributed by atoms with E-state index >= 15 is 0 Å². The van der Waals surface area contributed by atoms with Gasteiger partial charge in [0.25, 0.3) is 0 Å². The summed E-state index contributed by atoms with van der Waals surface area (Å²) >= 11 is 1.62. The lowest BCUT2D eigenvalue weighted by Gasteiger charge is -2.26. The quantitative estimate of drug-likeness (QED) is 0.765. The third-order valence-corrected chi connectivity index (χ3v) is 5.81. The van der Waals surface area contributed by atoms with Crippen LogP contribution in [0.4, 0.5) is 0 Å². The molecule has 128 valence electrons. The molecule has 1 amide bonds. The third kappa shape index (κ3) is 2.99. The Bertz CT molecular complexity index is 860. The highest BCUT2D eigenvalue weighted by Crippen LogP contribution is 2.36. The van der Waals surface area contributed by atoms with Crippen LogP contribution < -0.4 is 5.73 Å². The van der Waals surface area contributed by atoms with E-state index in [1.807, 2.05) is 48.7 Å². The number of hydrogen-bond acceptors (Lipinski definition) is 5. The second kappa shape index (κ2) is 6.46. The summed E-state index contributed by atoms with van der Waals surface area (Å²) in [7, 11) is 0. The van der Waals surface area contributed by atoms with Crippen LogP contribution in [0.5, 0.6) is 0 Å². The standard InChI is InChI=1S/C19H19N3O2S/c20-18(23)19(14-5-2-1-3-6-14)8-9-22(13-19)12-15-11-21-17(25-15)16-7-4-10-24-16/h1-7,10-11H,8-9,12-13H2,(H2,20,23). The second-order valence-electron chi connectivity index (χ2n) is 6.38. The molecule has 4 rings (SSSR count). The Morgan fingerprint density at radius 1 is 1.28 bits per heavy atom. The van der Waals surface area contributed by atoms with Crippen molar-refractivity contribution < 1.29 is 9.21 Å². The smallest absolute Gasteiger partial charge is 0.229 e. The summed E-state index contributed by atoms with van der Waals surface area (Å²) in [4.78, 5) is 20.1. The molecule has 3 aromatic rings. The number of furan rings is 1. The van der Waals surface area contributed by atoms with Gasteiger partial charge in [-0.05, 0) is 30.7 Å². The number of rotatable bonds is 5. The van der Waals surface area contributed by atoms with Crippen molar-refractivity contribution >= 4 is 17.2 Å². The fourth-order valence-electron chi connectivity index (χ4n) is 3.48. The zero-order valence-corrected chi connectivity index (χ0v) is 14.5. The van der Waals surface area contributed by atoms with Crippen molar-refractivity contribution in [1.82, 2.24) is 9.88 Å². The molecular weight excluding hydrogens is 334 g/mol. The first-order chi connectivity index (χ1) is 12.2. The number of nitrogens with zero attached hydrogens (tertiary/aromatic N) is 2. The average molecular weight is 353 g/mol. The van der Waals surface area contributed by atoms with Gasteiger partial charge in [-0.2, -0.15) is 0 Å². The first kappa shape index (κ1) is 16.1. The minimum absolute atomic E-state index is 0.248. The van der Waals surface area contributed by atoms with Crippen LogP contribution in [0.15, 0.2) is 59.3 Å². The lowest BCUT2D eigenvalue weighted by atomic mass is 9.79. The normalized spacial score (nSPS) is 20.8. The maximum Gasteiger partial charge on any atom is 0.229 e.